The topological polar surface area (TPSA) is 52.6 Å². The lowest BCUT2D eigenvalue weighted by molar-refractivity contribution is -0.144. The SMILES string of the molecule is CCN(CCCC(C)(NC)C(=O)O)C1CCCC1. The zero-order valence-corrected chi connectivity index (χ0v) is 12.0. The molecule has 4 heteroatoms. The van der Waals surface area contributed by atoms with Crippen molar-refractivity contribution in [2.24, 2.45) is 0 Å². The second kappa shape index (κ2) is 7.10. The first-order valence-corrected chi connectivity index (χ1v) is 7.20. The molecule has 4 nitrogen and oxygen atoms in total. The summed E-state index contributed by atoms with van der Waals surface area (Å²) in [7, 11) is 1.72. The number of aliphatic carboxylic acids is 1. The van der Waals surface area contributed by atoms with Crippen LogP contribution in [0.15, 0.2) is 0 Å². The highest BCUT2D eigenvalue weighted by atomic mass is 16.4. The second-order valence-electron chi connectivity index (χ2n) is 5.56. The van der Waals surface area contributed by atoms with Gasteiger partial charge in [-0.15, -0.1) is 0 Å². The van der Waals surface area contributed by atoms with Crippen molar-refractivity contribution in [3.05, 3.63) is 0 Å². The Balaban J connectivity index is 2.36. The number of rotatable bonds is 8. The van der Waals surface area contributed by atoms with Gasteiger partial charge in [0.2, 0.25) is 0 Å². The maximum Gasteiger partial charge on any atom is 0.323 e. The molecule has 0 aliphatic heterocycles. The Labute approximate surface area is 111 Å². The van der Waals surface area contributed by atoms with E-state index in [1.807, 2.05) is 0 Å². The molecule has 2 N–H and O–H groups in total. The molecule has 1 fully saturated rings. The summed E-state index contributed by atoms with van der Waals surface area (Å²) in [5.41, 5.74) is -0.783. The molecule has 18 heavy (non-hydrogen) atoms. The molecule has 0 aromatic rings. The van der Waals surface area contributed by atoms with E-state index in [0.717, 1.165) is 25.6 Å². The van der Waals surface area contributed by atoms with Gasteiger partial charge < -0.3 is 15.3 Å². The van der Waals surface area contributed by atoms with E-state index in [2.05, 4.69) is 17.1 Å². The minimum Gasteiger partial charge on any atom is -0.480 e. The van der Waals surface area contributed by atoms with E-state index in [9.17, 15) is 9.90 Å². The summed E-state index contributed by atoms with van der Waals surface area (Å²) in [5, 5.41) is 12.1. The summed E-state index contributed by atoms with van der Waals surface area (Å²) in [6.07, 6.45) is 6.96. The van der Waals surface area contributed by atoms with E-state index in [0.29, 0.717) is 6.42 Å². The lowest BCUT2D eigenvalue weighted by atomic mass is 9.96. The van der Waals surface area contributed by atoms with Gasteiger partial charge in [0.05, 0.1) is 0 Å². The molecule has 1 aliphatic carbocycles. The Bertz CT molecular complexity index is 265. The lowest BCUT2D eigenvalue weighted by Crippen LogP contribution is -2.48. The van der Waals surface area contributed by atoms with Crippen LogP contribution < -0.4 is 5.32 Å². The van der Waals surface area contributed by atoms with Gasteiger partial charge in [-0.05, 0) is 52.7 Å². The van der Waals surface area contributed by atoms with Crippen LogP contribution in [0, 0.1) is 0 Å². The van der Waals surface area contributed by atoms with Crippen molar-refractivity contribution in [3.8, 4) is 0 Å². The van der Waals surface area contributed by atoms with Gasteiger partial charge in [0, 0.05) is 6.04 Å². The van der Waals surface area contributed by atoms with Crippen LogP contribution in [-0.2, 0) is 4.79 Å². The molecule has 1 unspecified atom stereocenters. The molecular weight excluding hydrogens is 228 g/mol. The van der Waals surface area contributed by atoms with Gasteiger partial charge in [-0.1, -0.05) is 19.8 Å². The fraction of sp³-hybridized carbons (Fsp3) is 0.929. The van der Waals surface area contributed by atoms with E-state index >= 15 is 0 Å². The van der Waals surface area contributed by atoms with Crippen LogP contribution in [-0.4, -0.2) is 47.7 Å². The van der Waals surface area contributed by atoms with E-state index < -0.39 is 11.5 Å². The van der Waals surface area contributed by atoms with Crippen molar-refractivity contribution < 1.29 is 9.90 Å². The Morgan fingerprint density at radius 1 is 1.44 bits per heavy atom. The van der Waals surface area contributed by atoms with Crippen LogP contribution in [0.1, 0.15) is 52.4 Å². The van der Waals surface area contributed by atoms with Crippen molar-refractivity contribution in [2.75, 3.05) is 20.1 Å². The number of carbonyl (C=O) groups is 1. The summed E-state index contributed by atoms with van der Waals surface area (Å²) in [5.74, 6) is -0.756. The fourth-order valence-corrected chi connectivity index (χ4v) is 2.84. The van der Waals surface area contributed by atoms with E-state index in [1.54, 1.807) is 14.0 Å². The molecule has 0 aromatic heterocycles. The Morgan fingerprint density at radius 2 is 2.06 bits per heavy atom. The van der Waals surface area contributed by atoms with Gasteiger partial charge in [0.15, 0.2) is 0 Å². The summed E-state index contributed by atoms with van der Waals surface area (Å²) in [6, 6.07) is 0.737. The van der Waals surface area contributed by atoms with Gasteiger partial charge in [0.25, 0.3) is 0 Å². The van der Waals surface area contributed by atoms with Crippen molar-refractivity contribution in [1.29, 1.82) is 0 Å². The maximum atomic E-state index is 11.2. The molecule has 0 spiro atoms. The van der Waals surface area contributed by atoms with Crippen LogP contribution >= 0.6 is 0 Å². The molecule has 1 rings (SSSR count). The average Bonchev–Trinajstić information content (AvgIpc) is 2.87. The van der Waals surface area contributed by atoms with E-state index in [1.165, 1.54) is 25.7 Å². The first-order chi connectivity index (χ1) is 8.53. The van der Waals surface area contributed by atoms with Crippen LogP contribution in [0.2, 0.25) is 0 Å². The zero-order chi connectivity index (χ0) is 13.6. The molecule has 0 saturated heterocycles. The summed E-state index contributed by atoms with van der Waals surface area (Å²) < 4.78 is 0. The highest BCUT2D eigenvalue weighted by Gasteiger charge is 2.31. The molecule has 1 aliphatic rings. The Morgan fingerprint density at radius 3 is 2.50 bits per heavy atom. The monoisotopic (exact) mass is 256 g/mol. The number of carboxylic acid groups (broad SMARTS) is 1. The summed E-state index contributed by atoms with van der Waals surface area (Å²) in [6.45, 7) is 6.06. The van der Waals surface area contributed by atoms with Crippen LogP contribution in [0.3, 0.4) is 0 Å². The second-order valence-corrected chi connectivity index (χ2v) is 5.56. The molecule has 0 amide bonds. The van der Waals surface area contributed by atoms with Crippen LogP contribution in [0.4, 0.5) is 0 Å². The molecule has 106 valence electrons. The zero-order valence-electron chi connectivity index (χ0n) is 12.0. The third kappa shape index (κ3) is 3.95. The average molecular weight is 256 g/mol. The molecule has 0 heterocycles. The quantitative estimate of drug-likeness (QED) is 0.698. The predicted molar refractivity (Wildman–Crippen MR) is 73.8 cm³/mol. The number of hydrogen-bond donors (Lipinski definition) is 2. The third-order valence-corrected chi connectivity index (χ3v) is 4.39. The molecule has 0 radical (unpaired) electrons. The number of likely N-dealkylation sites (N-methyl/N-ethyl adjacent to an activating group) is 1. The van der Waals surface area contributed by atoms with Crippen LogP contribution in [0.25, 0.3) is 0 Å². The van der Waals surface area contributed by atoms with Gasteiger partial charge >= 0.3 is 5.97 Å². The minimum atomic E-state index is -0.783. The predicted octanol–water partition coefficient (Wildman–Crippen LogP) is 2.09. The molecule has 0 bridgehead atoms. The number of nitrogens with one attached hydrogen (secondary N) is 1. The maximum absolute atomic E-state index is 11.2. The standard InChI is InChI=1S/C14H28N2O2/c1-4-16(12-8-5-6-9-12)11-7-10-14(2,15-3)13(17)18/h12,15H,4-11H2,1-3H3,(H,17,18). The van der Waals surface area contributed by atoms with Gasteiger partial charge in [-0.2, -0.15) is 0 Å². The van der Waals surface area contributed by atoms with E-state index in [-0.39, 0.29) is 0 Å². The highest BCUT2D eigenvalue weighted by Crippen LogP contribution is 2.24. The van der Waals surface area contributed by atoms with Crippen molar-refractivity contribution in [1.82, 2.24) is 10.2 Å². The Hall–Kier alpha value is -0.610. The molecule has 1 saturated carbocycles. The lowest BCUT2D eigenvalue weighted by Gasteiger charge is -2.29. The highest BCUT2D eigenvalue weighted by molar-refractivity contribution is 5.78. The summed E-state index contributed by atoms with van der Waals surface area (Å²) >= 11 is 0. The first-order valence-electron chi connectivity index (χ1n) is 7.20. The molecular formula is C14H28N2O2. The van der Waals surface area contributed by atoms with Crippen molar-refractivity contribution in [3.63, 3.8) is 0 Å². The van der Waals surface area contributed by atoms with Crippen molar-refractivity contribution >= 4 is 5.97 Å². The fourth-order valence-electron chi connectivity index (χ4n) is 2.84. The number of carboxylic acids is 1. The van der Waals surface area contributed by atoms with Gasteiger partial charge in [-0.25, -0.2) is 0 Å². The molecule has 0 aromatic carbocycles. The van der Waals surface area contributed by atoms with Crippen molar-refractivity contribution in [2.45, 2.75) is 64.0 Å². The van der Waals surface area contributed by atoms with Gasteiger partial charge in [0.1, 0.15) is 5.54 Å². The minimum absolute atomic E-state index is 0.683. The first kappa shape index (κ1) is 15.4. The molecule has 1 atom stereocenters. The van der Waals surface area contributed by atoms with E-state index in [4.69, 9.17) is 0 Å². The summed E-state index contributed by atoms with van der Waals surface area (Å²) in [4.78, 5) is 13.7. The third-order valence-electron chi connectivity index (χ3n) is 4.39. The number of nitrogens with zero attached hydrogens (tertiary/aromatic N) is 1. The largest absolute Gasteiger partial charge is 0.480 e. The van der Waals surface area contributed by atoms with Gasteiger partial charge in [-0.3, -0.25) is 4.79 Å². The Kier molecular flexibility index (Phi) is 6.09. The normalized spacial score (nSPS) is 20.2. The van der Waals surface area contributed by atoms with Crippen LogP contribution in [0.5, 0.6) is 0 Å². The smallest absolute Gasteiger partial charge is 0.323 e. The number of hydrogen-bond acceptors (Lipinski definition) is 3.